The van der Waals surface area contributed by atoms with Gasteiger partial charge in [-0.05, 0) is 55.0 Å². The number of urea groups is 1. The molecule has 0 atom stereocenters. The van der Waals surface area contributed by atoms with Gasteiger partial charge in [0.15, 0.2) is 0 Å². The van der Waals surface area contributed by atoms with Gasteiger partial charge in [-0.15, -0.1) is 0 Å². The largest absolute Gasteiger partial charge is 0.337 e. The molecule has 2 aromatic carbocycles. The van der Waals surface area contributed by atoms with Crippen LogP contribution in [0.2, 0.25) is 0 Å². The molecule has 1 aliphatic carbocycles. The van der Waals surface area contributed by atoms with Crippen LogP contribution in [0, 0.1) is 11.6 Å². The van der Waals surface area contributed by atoms with E-state index in [2.05, 4.69) is 5.32 Å². The molecule has 1 saturated carbocycles. The summed E-state index contributed by atoms with van der Waals surface area (Å²) >= 11 is 0. The van der Waals surface area contributed by atoms with Gasteiger partial charge in [-0.2, -0.15) is 0 Å². The Morgan fingerprint density at radius 1 is 0.897 bits per heavy atom. The van der Waals surface area contributed by atoms with Crippen molar-refractivity contribution < 1.29 is 18.4 Å². The minimum atomic E-state index is -0.548. The summed E-state index contributed by atoms with van der Waals surface area (Å²) in [4.78, 5) is 28.4. The summed E-state index contributed by atoms with van der Waals surface area (Å²) < 4.78 is 28.1. The first kappa shape index (κ1) is 19.4. The molecule has 7 heteroatoms. The minimum absolute atomic E-state index is 0.0385. The van der Waals surface area contributed by atoms with Crippen molar-refractivity contribution in [2.24, 2.45) is 0 Å². The number of carbonyl (C=O) groups is 2. The van der Waals surface area contributed by atoms with Gasteiger partial charge in [0.05, 0.1) is 5.56 Å². The van der Waals surface area contributed by atoms with Crippen molar-refractivity contribution in [3.63, 3.8) is 0 Å². The number of carbonyl (C=O) groups excluding carboxylic acids is 2. The summed E-state index contributed by atoms with van der Waals surface area (Å²) in [6.07, 6.45) is 2.61. The van der Waals surface area contributed by atoms with Crippen LogP contribution in [0.3, 0.4) is 0 Å². The number of nitrogens with zero attached hydrogens (tertiary/aromatic N) is 2. The van der Waals surface area contributed by atoms with Crippen molar-refractivity contribution in [3.8, 4) is 0 Å². The summed E-state index contributed by atoms with van der Waals surface area (Å²) in [5.41, 5.74) is 1.16. The highest BCUT2D eigenvalue weighted by Crippen LogP contribution is 2.41. The molecule has 1 aliphatic heterocycles. The molecule has 152 valence electrons. The van der Waals surface area contributed by atoms with E-state index in [9.17, 15) is 18.4 Å². The first-order chi connectivity index (χ1) is 14.0. The zero-order valence-electron chi connectivity index (χ0n) is 16.0. The lowest BCUT2D eigenvalue weighted by Gasteiger charge is -2.22. The van der Waals surface area contributed by atoms with Crippen LogP contribution < -0.4 is 5.32 Å². The lowest BCUT2D eigenvalue weighted by molar-refractivity contribution is 0.0758. The third kappa shape index (κ3) is 4.39. The van der Waals surface area contributed by atoms with Crippen molar-refractivity contribution >= 4 is 17.6 Å². The molecule has 0 aromatic heterocycles. The summed E-state index contributed by atoms with van der Waals surface area (Å²) in [7, 11) is 0. The van der Waals surface area contributed by atoms with E-state index in [1.165, 1.54) is 18.2 Å². The lowest BCUT2D eigenvalue weighted by Crippen LogP contribution is -2.39. The maximum atomic E-state index is 14.2. The average molecular weight is 399 g/mol. The molecule has 1 N–H and O–H groups in total. The Hall–Kier alpha value is -2.96. The van der Waals surface area contributed by atoms with Crippen molar-refractivity contribution in [2.75, 3.05) is 31.5 Å². The number of hydrogen-bond donors (Lipinski definition) is 1. The first-order valence-corrected chi connectivity index (χ1v) is 9.92. The van der Waals surface area contributed by atoms with Crippen LogP contribution in [0.5, 0.6) is 0 Å². The third-order valence-electron chi connectivity index (χ3n) is 5.44. The highest BCUT2D eigenvalue weighted by atomic mass is 19.1. The fraction of sp³-hybridized carbons (Fsp3) is 0.364. The zero-order valence-corrected chi connectivity index (χ0v) is 16.0. The molecule has 29 heavy (non-hydrogen) atoms. The Balaban J connectivity index is 1.36. The second kappa shape index (κ2) is 8.19. The molecule has 2 fully saturated rings. The summed E-state index contributed by atoms with van der Waals surface area (Å²) in [6.45, 7) is 1.56. The van der Waals surface area contributed by atoms with Crippen LogP contribution in [-0.4, -0.2) is 47.9 Å². The van der Waals surface area contributed by atoms with Crippen LogP contribution in [0.25, 0.3) is 0 Å². The molecular formula is C22H23F2N3O2. The second-order valence-electron chi connectivity index (χ2n) is 7.55. The van der Waals surface area contributed by atoms with E-state index >= 15 is 0 Å². The Kier molecular flexibility index (Phi) is 5.47. The number of halogens is 2. The maximum absolute atomic E-state index is 14.2. The van der Waals surface area contributed by atoms with Gasteiger partial charge < -0.3 is 15.1 Å². The van der Waals surface area contributed by atoms with Gasteiger partial charge in [0.2, 0.25) is 0 Å². The highest BCUT2D eigenvalue weighted by molar-refractivity contribution is 5.94. The van der Waals surface area contributed by atoms with Gasteiger partial charge in [0.25, 0.3) is 5.91 Å². The average Bonchev–Trinajstić information content (AvgIpc) is 3.55. The highest BCUT2D eigenvalue weighted by Gasteiger charge is 2.27. The Morgan fingerprint density at radius 2 is 1.62 bits per heavy atom. The summed E-state index contributed by atoms with van der Waals surface area (Å²) in [6, 6.07) is 10.4. The van der Waals surface area contributed by atoms with E-state index in [-0.39, 0.29) is 23.3 Å². The van der Waals surface area contributed by atoms with Crippen molar-refractivity contribution in [1.82, 2.24) is 9.80 Å². The van der Waals surface area contributed by atoms with E-state index in [1.807, 2.05) is 0 Å². The molecule has 1 saturated heterocycles. The van der Waals surface area contributed by atoms with E-state index in [4.69, 9.17) is 0 Å². The predicted octanol–water partition coefficient (Wildman–Crippen LogP) is 4.22. The fourth-order valence-electron chi connectivity index (χ4n) is 3.66. The molecule has 0 radical (unpaired) electrons. The molecular weight excluding hydrogens is 376 g/mol. The SMILES string of the molecule is O=C(Nc1ccc(C2CC2)c(F)c1)N1CCCN(C(=O)c2ccccc2F)CC1. The van der Waals surface area contributed by atoms with Crippen molar-refractivity contribution in [1.29, 1.82) is 0 Å². The molecule has 4 rings (SSSR count). The van der Waals surface area contributed by atoms with Crippen LogP contribution in [-0.2, 0) is 0 Å². The second-order valence-corrected chi connectivity index (χ2v) is 7.55. The van der Waals surface area contributed by atoms with Crippen LogP contribution >= 0.6 is 0 Å². The van der Waals surface area contributed by atoms with Crippen LogP contribution in [0.4, 0.5) is 19.3 Å². The Bertz CT molecular complexity index is 930. The molecule has 0 spiro atoms. The quantitative estimate of drug-likeness (QED) is 0.840. The topological polar surface area (TPSA) is 52.7 Å². The number of anilines is 1. The molecule has 2 aliphatic rings. The van der Waals surface area contributed by atoms with Gasteiger partial charge in [0.1, 0.15) is 11.6 Å². The Labute approximate surface area is 168 Å². The normalized spacial score (nSPS) is 17.0. The van der Waals surface area contributed by atoms with Gasteiger partial charge in [-0.1, -0.05) is 18.2 Å². The molecule has 5 nitrogen and oxygen atoms in total. The fourth-order valence-corrected chi connectivity index (χ4v) is 3.66. The van der Waals surface area contributed by atoms with Gasteiger partial charge in [-0.3, -0.25) is 4.79 Å². The molecule has 2 aromatic rings. The third-order valence-corrected chi connectivity index (χ3v) is 5.44. The number of hydrogen-bond acceptors (Lipinski definition) is 2. The monoisotopic (exact) mass is 399 g/mol. The lowest BCUT2D eigenvalue weighted by atomic mass is 10.1. The standard InChI is InChI=1S/C22H23F2N3O2/c23-19-5-2-1-4-18(19)21(28)26-10-3-11-27(13-12-26)22(29)25-16-8-9-17(15-6-7-15)20(24)14-16/h1-2,4-5,8-9,14-15H,3,6-7,10-13H2,(H,25,29). The molecule has 1 heterocycles. The van der Waals surface area contributed by atoms with Gasteiger partial charge in [0, 0.05) is 31.9 Å². The predicted molar refractivity (Wildman–Crippen MR) is 106 cm³/mol. The van der Waals surface area contributed by atoms with E-state index < -0.39 is 5.82 Å². The van der Waals surface area contributed by atoms with Crippen LogP contribution in [0.15, 0.2) is 42.5 Å². The molecule has 0 unspecified atom stereocenters. The van der Waals surface area contributed by atoms with E-state index in [0.717, 1.165) is 12.8 Å². The van der Waals surface area contributed by atoms with Gasteiger partial charge >= 0.3 is 6.03 Å². The maximum Gasteiger partial charge on any atom is 0.321 e. The molecule has 3 amide bonds. The number of amides is 3. The van der Waals surface area contributed by atoms with Gasteiger partial charge in [-0.25, -0.2) is 13.6 Å². The van der Waals surface area contributed by atoms with Crippen LogP contribution in [0.1, 0.15) is 41.1 Å². The number of rotatable bonds is 3. The zero-order chi connectivity index (χ0) is 20.4. The molecule has 0 bridgehead atoms. The summed E-state index contributed by atoms with van der Waals surface area (Å²) in [5.74, 6) is -0.901. The first-order valence-electron chi connectivity index (χ1n) is 9.92. The Morgan fingerprint density at radius 3 is 2.34 bits per heavy atom. The number of benzene rings is 2. The van der Waals surface area contributed by atoms with E-state index in [0.29, 0.717) is 49.8 Å². The summed E-state index contributed by atoms with van der Waals surface area (Å²) in [5, 5.41) is 2.74. The van der Waals surface area contributed by atoms with E-state index in [1.54, 1.807) is 34.1 Å². The van der Waals surface area contributed by atoms with Crippen molar-refractivity contribution in [2.45, 2.75) is 25.2 Å². The minimum Gasteiger partial charge on any atom is -0.337 e. The number of nitrogens with one attached hydrogen (secondary N) is 1. The van der Waals surface area contributed by atoms with Crippen molar-refractivity contribution in [3.05, 3.63) is 65.2 Å². The smallest absolute Gasteiger partial charge is 0.321 e.